The molecule has 38 heavy (non-hydrogen) atoms. The third-order valence-electron chi connectivity index (χ3n) is 7.08. The Balaban J connectivity index is 1.91. The molecule has 3 rings (SSSR count). The van der Waals surface area contributed by atoms with Gasteiger partial charge in [0.15, 0.2) is 0 Å². The molecule has 1 atom stereocenters. The summed E-state index contributed by atoms with van der Waals surface area (Å²) in [4.78, 5) is 17.0. The minimum atomic E-state index is -0.570. The van der Waals surface area contributed by atoms with Crippen molar-refractivity contribution in [3.8, 4) is 5.75 Å². The Hall–Kier alpha value is -2.94. The summed E-state index contributed by atoms with van der Waals surface area (Å²) in [6.07, 6.45) is 7.86. The molecule has 0 bridgehead atoms. The number of unbranched alkanes of at least 4 members (excludes halogenated alkanes) is 1. The van der Waals surface area contributed by atoms with E-state index in [1.54, 1.807) is 36.7 Å². The van der Waals surface area contributed by atoms with Gasteiger partial charge in [-0.3, -0.25) is 4.98 Å². The minimum Gasteiger partial charge on any atom is -0.491 e. The second-order valence-corrected chi connectivity index (χ2v) is 10.5. The van der Waals surface area contributed by atoms with Gasteiger partial charge in [-0.1, -0.05) is 43.7 Å². The van der Waals surface area contributed by atoms with Gasteiger partial charge in [0.25, 0.3) is 0 Å². The lowest BCUT2D eigenvalue weighted by Gasteiger charge is -2.32. The summed E-state index contributed by atoms with van der Waals surface area (Å²) < 4.78 is 24.2. The molecule has 0 unspecified atom stereocenters. The second kappa shape index (κ2) is 13.2. The number of aromatic nitrogens is 1. The first-order valence-corrected chi connectivity index (χ1v) is 13.3. The fraction of sp³-hybridized carbons (Fsp3) is 0.467. The number of ether oxygens (including phenoxy) is 2. The summed E-state index contributed by atoms with van der Waals surface area (Å²) in [5.74, 6) is 0.191. The van der Waals surface area contributed by atoms with Gasteiger partial charge in [0.05, 0.1) is 23.4 Å². The van der Waals surface area contributed by atoms with Gasteiger partial charge in [0, 0.05) is 18.8 Å². The van der Waals surface area contributed by atoms with Crippen molar-refractivity contribution in [1.29, 1.82) is 0 Å². The normalized spacial score (nSPS) is 17.2. The molecular formula is C30H40BNO6. The number of hydrogen-bond acceptors (Lipinski definition) is 7. The van der Waals surface area contributed by atoms with Gasteiger partial charge in [-0.2, -0.15) is 0 Å². The predicted molar refractivity (Wildman–Crippen MR) is 149 cm³/mol. The molecule has 0 spiro atoms. The van der Waals surface area contributed by atoms with Gasteiger partial charge in [-0.15, -0.1) is 0 Å². The molecule has 1 aromatic heterocycles. The van der Waals surface area contributed by atoms with Crippen molar-refractivity contribution >= 4 is 13.1 Å². The number of allylic oxidation sites excluding steroid dienone is 2. The quantitative estimate of drug-likeness (QED) is 0.195. The van der Waals surface area contributed by atoms with Crippen LogP contribution in [0.25, 0.3) is 0 Å². The highest BCUT2D eigenvalue weighted by Crippen LogP contribution is 2.40. The van der Waals surface area contributed by atoms with E-state index in [0.717, 1.165) is 35.9 Å². The molecule has 0 saturated carbocycles. The van der Waals surface area contributed by atoms with E-state index < -0.39 is 30.4 Å². The molecule has 2 aromatic rings. The lowest BCUT2D eigenvalue weighted by atomic mass is 9.72. The number of aliphatic hydroxyl groups is 1. The first kappa shape index (κ1) is 29.6. The Labute approximate surface area is 227 Å². The van der Waals surface area contributed by atoms with Crippen LogP contribution in [0.2, 0.25) is 0 Å². The maximum absolute atomic E-state index is 13.0. The van der Waals surface area contributed by atoms with Crippen LogP contribution in [0.3, 0.4) is 0 Å². The summed E-state index contributed by atoms with van der Waals surface area (Å²) in [5, 5.41) is 9.03. The van der Waals surface area contributed by atoms with Crippen molar-refractivity contribution in [2.75, 3.05) is 13.2 Å². The van der Waals surface area contributed by atoms with Gasteiger partial charge in [0.1, 0.15) is 18.5 Å². The van der Waals surface area contributed by atoms with Crippen LogP contribution < -0.4 is 4.74 Å². The van der Waals surface area contributed by atoms with Crippen molar-refractivity contribution < 1.29 is 28.7 Å². The Bertz CT molecular complexity index is 1080. The maximum atomic E-state index is 13.0. The first-order valence-electron chi connectivity index (χ1n) is 13.3. The van der Waals surface area contributed by atoms with E-state index in [1.165, 1.54) is 0 Å². The fourth-order valence-electron chi connectivity index (χ4n) is 4.03. The largest absolute Gasteiger partial charge is 0.494 e. The van der Waals surface area contributed by atoms with Crippen LogP contribution in [0.1, 0.15) is 82.3 Å². The van der Waals surface area contributed by atoms with E-state index in [1.807, 2.05) is 45.9 Å². The van der Waals surface area contributed by atoms with E-state index in [4.69, 9.17) is 23.9 Å². The van der Waals surface area contributed by atoms with Crippen molar-refractivity contribution in [3.63, 3.8) is 0 Å². The molecule has 1 fully saturated rings. The molecule has 1 aromatic carbocycles. The Morgan fingerprint density at radius 3 is 2.32 bits per heavy atom. The van der Waals surface area contributed by atoms with Gasteiger partial charge >= 0.3 is 13.1 Å². The maximum Gasteiger partial charge on any atom is 0.494 e. The van der Waals surface area contributed by atoms with Crippen molar-refractivity contribution in [2.45, 2.75) is 77.6 Å². The zero-order valence-corrected chi connectivity index (χ0v) is 23.2. The highest BCUT2D eigenvalue weighted by molar-refractivity contribution is 6.56. The third kappa shape index (κ3) is 7.56. The molecule has 0 radical (unpaired) electrons. The molecule has 2 heterocycles. The molecule has 1 aliphatic rings. The van der Waals surface area contributed by atoms with Crippen LogP contribution in [-0.2, 0) is 14.0 Å². The van der Waals surface area contributed by atoms with Crippen LogP contribution in [0.15, 0.2) is 72.5 Å². The fourth-order valence-corrected chi connectivity index (χ4v) is 4.03. The van der Waals surface area contributed by atoms with Crippen molar-refractivity contribution in [2.24, 2.45) is 0 Å². The van der Waals surface area contributed by atoms with Gasteiger partial charge in [0.2, 0.25) is 0 Å². The van der Waals surface area contributed by atoms with Gasteiger partial charge in [-0.25, -0.2) is 4.79 Å². The lowest BCUT2D eigenvalue weighted by molar-refractivity contribution is 0.00578. The highest BCUT2D eigenvalue weighted by atomic mass is 16.7. The zero-order valence-electron chi connectivity index (χ0n) is 23.2. The summed E-state index contributed by atoms with van der Waals surface area (Å²) in [5.41, 5.74) is 2.10. The Kier molecular flexibility index (Phi) is 10.3. The molecule has 0 aliphatic carbocycles. The number of carbonyl (C=O) groups is 1. The first-order chi connectivity index (χ1) is 18.1. The predicted octanol–water partition coefficient (Wildman–Crippen LogP) is 6.05. The highest BCUT2D eigenvalue weighted by Gasteiger charge is 2.52. The monoisotopic (exact) mass is 521 g/mol. The number of hydrogen-bond donors (Lipinski definition) is 1. The molecule has 0 amide bonds. The van der Waals surface area contributed by atoms with Crippen LogP contribution in [0.5, 0.6) is 5.75 Å². The van der Waals surface area contributed by atoms with E-state index in [0.29, 0.717) is 17.7 Å². The van der Waals surface area contributed by atoms with Crippen molar-refractivity contribution in [1.82, 2.24) is 4.98 Å². The number of nitrogens with zero attached hydrogens (tertiary/aromatic N) is 1. The second-order valence-electron chi connectivity index (χ2n) is 10.5. The number of esters is 1. The summed E-state index contributed by atoms with van der Waals surface area (Å²) in [6, 6.07) is 10.6. The van der Waals surface area contributed by atoms with Crippen LogP contribution in [0.4, 0.5) is 0 Å². The number of rotatable bonds is 13. The number of carbonyl (C=O) groups excluding carboxylic acids is 1. The molecule has 1 aliphatic heterocycles. The number of aliphatic hydroxyl groups excluding tert-OH is 1. The van der Waals surface area contributed by atoms with Gasteiger partial charge < -0.3 is 23.9 Å². The Morgan fingerprint density at radius 1 is 1.11 bits per heavy atom. The third-order valence-corrected chi connectivity index (χ3v) is 7.08. The van der Waals surface area contributed by atoms with E-state index in [2.05, 4.69) is 18.5 Å². The molecular weight excluding hydrogens is 481 g/mol. The summed E-state index contributed by atoms with van der Waals surface area (Å²) >= 11 is 0. The van der Waals surface area contributed by atoms with Crippen LogP contribution in [0, 0.1) is 0 Å². The van der Waals surface area contributed by atoms with Crippen LogP contribution >= 0.6 is 0 Å². The lowest BCUT2D eigenvalue weighted by Crippen LogP contribution is -2.41. The van der Waals surface area contributed by atoms with Crippen LogP contribution in [-0.4, -0.2) is 47.6 Å². The van der Waals surface area contributed by atoms with Crippen molar-refractivity contribution in [3.05, 3.63) is 83.6 Å². The topological polar surface area (TPSA) is 87.1 Å². The van der Waals surface area contributed by atoms with E-state index in [-0.39, 0.29) is 13.2 Å². The van der Waals surface area contributed by atoms with E-state index in [9.17, 15) is 4.79 Å². The number of pyridine rings is 1. The SMILES string of the molecule is C=C(CCCC)/C(=C/C[C@@H](OC(=O)c1ccncc1)c1ccc(OCCO)cc1)B1OC(C)(C)C(C)(C)O1. The minimum absolute atomic E-state index is 0.0671. The average molecular weight is 521 g/mol. The molecule has 8 heteroatoms. The standard InChI is InChI=1S/C30H40BNO6/c1-7-8-9-22(2)26(31-37-29(3,4)30(5,6)38-31)14-15-27(36-28(34)24-16-18-32-19-17-24)23-10-12-25(13-11-23)35-21-20-33/h10-14,16-19,27,33H,2,7-9,15,20-21H2,1,3-6H3/b26-14-/t27-/m1/s1. The molecule has 1 saturated heterocycles. The Morgan fingerprint density at radius 2 is 1.74 bits per heavy atom. The van der Waals surface area contributed by atoms with E-state index >= 15 is 0 Å². The number of benzene rings is 1. The molecule has 204 valence electrons. The zero-order chi connectivity index (χ0) is 27.8. The average Bonchev–Trinajstić information content (AvgIpc) is 3.12. The van der Waals surface area contributed by atoms with Gasteiger partial charge in [-0.05, 0) is 75.8 Å². The smallest absolute Gasteiger partial charge is 0.491 e. The summed E-state index contributed by atoms with van der Waals surface area (Å²) in [6.45, 7) is 14.7. The molecule has 7 nitrogen and oxygen atoms in total. The summed E-state index contributed by atoms with van der Waals surface area (Å²) in [7, 11) is -0.560. The molecule has 1 N–H and O–H groups in total.